The molecular formula is C10H22BO. The first-order valence-electron chi connectivity index (χ1n) is 5.17. The molecule has 2 heteroatoms. The van der Waals surface area contributed by atoms with Gasteiger partial charge in [0.25, 0.3) is 7.48 Å². The Hall–Kier alpha value is 0.0249. The van der Waals surface area contributed by atoms with Gasteiger partial charge in [-0.1, -0.05) is 59.3 Å². The zero-order valence-electron chi connectivity index (χ0n) is 8.77. The molecule has 0 unspecified atom stereocenters. The van der Waals surface area contributed by atoms with Crippen LogP contribution in [0.4, 0.5) is 0 Å². The minimum absolute atomic E-state index is 0.0754. The van der Waals surface area contributed by atoms with Crippen molar-refractivity contribution in [3.8, 4) is 0 Å². The van der Waals surface area contributed by atoms with Crippen molar-refractivity contribution in [1.29, 1.82) is 0 Å². The van der Waals surface area contributed by atoms with Gasteiger partial charge in [-0.05, 0) is 5.31 Å². The van der Waals surface area contributed by atoms with E-state index in [4.69, 9.17) is 5.02 Å². The maximum atomic E-state index is 9.11. The van der Waals surface area contributed by atoms with E-state index in [1.54, 1.807) is 0 Å². The van der Waals surface area contributed by atoms with Crippen LogP contribution in [-0.2, 0) is 0 Å². The number of hydrogen-bond acceptors (Lipinski definition) is 1. The van der Waals surface area contributed by atoms with Gasteiger partial charge in [0.05, 0.1) is 0 Å². The first kappa shape index (κ1) is 12.0. The van der Waals surface area contributed by atoms with Crippen LogP contribution in [0.1, 0.15) is 59.3 Å². The standard InChI is InChI=1S/C10H22BO/c1-4-6-8-10(3,11-12)9-7-5-2/h12H,4-9H2,1-3H3. The highest BCUT2D eigenvalue weighted by atomic mass is 16.2. The summed E-state index contributed by atoms with van der Waals surface area (Å²) in [5.74, 6) is 0. The SMILES string of the molecule is CCCCC(C)([B]O)CCCC. The second kappa shape index (κ2) is 6.53. The molecule has 0 heterocycles. The van der Waals surface area contributed by atoms with Crippen LogP contribution in [0.3, 0.4) is 0 Å². The van der Waals surface area contributed by atoms with E-state index in [2.05, 4.69) is 20.8 Å². The average molecular weight is 169 g/mol. The van der Waals surface area contributed by atoms with Gasteiger partial charge in [-0.25, -0.2) is 0 Å². The Morgan fingerprint density at radius 1 is 1.08 bits per heavy atom. The van der Waals surface area contributed by atoms with Gasteiger partial charge >= 0.3 is 0 Å². The molecule has 0 spiro atoms. The van der Waals surface area contributed by atoms with Crippen molar-refractivity contribution in [1.82, 2.24) is 0 Å². The molecule has 0 atom stereocenters. The van der Waals surface area contributed by atoms with Gasteiger partial charge in [0.15, 0.2) is 0 Å². The molecule has 0 amide bonds. The molecule has 0 aliphatic rings. The van der Waals surface area contributed by atoms with Gasteiger partial charge in [-0.3, -0.25) is 0 Å². The van der Waals surface area contributed by atoms with Crippen molar-refractivity contribution in [2.75, 3.05) is 0 Å². The molecule has 0 saturated carbocycles. The first-order valence-corrected chi connectivity index (χ1v) is 5.17. The second-order valence-electron chi connectivity index (χ2n) is 3.99. The Balaban J connectivity index is 3.70. The Kier molecular flexibility index (Phi) is 6.54. The Labute approximate surface area is 77.8 Å². The molecule has 0 bridgehead atoms. The normalized spacial score (nSPS) is 11.7. The van der Waals surface area contributed by atoms with Gasteiger partial charge in [0, 0.05) is 0 Å². The zero-order chi connectivity index (χ0) is 9.45. The molecule has 0 saturated heterocycles. The molecule has 1 radical (unpaired) electrons. The summed E-state index contributed by atoms with van der Waals surface area (Å²) in [6.45, 7) is 6.54. The summed E-state index contributed by atoms with van der Waals surface area (Å²) in [4.78, 5) is 0. The third-order valence-corrected chi connectivity index (χ3v) is 2.51. The quantitative estimate of drug-likeness (QED) is 0.580. The van der Waals surface area contributed by atoms with Gasteiger partial charge in [0.1, 0.15) is 0 Å². The van der Waals surface area contributed by atoms with Gasteiger partial charge in [0.2, 0.25) is 0 Å². The molecule has 12 heavy (non-hydrogen) atoms. The zero-order valence-corrected chi connectivity index (χ0v) is 8.77. The van der Waals surface area contributed by atoms with Crippen molar-refractivity contribution < 1.29 is 5.02 Å². The largest absolute Gasteiger partial charge is 0.454 e. The lowest BCUT2D eigenvalue weighted by molar-refractivity contribution is 0.424. The number of rotatable bonds is 7. The molecule has 0 aromatic carbocycles. The van der Waals surface area contributed by atoms with E-state index < -0.39 is 0 Å². The highest BCUT2D eigenvalue weighted by Crippen LogP contribution is 2.35. The van der Waals surface area contributed by atoms with Gasteiger partial charge < -0.3 is 5.02 Å². The van der Waals surface area contributed by atoms with Crippen molar-refractivity contribution in [2.45, 2.75) is 64.6 Å². The molecule has 0 aromatic rings. The van der Waals surface area contributed by atoms with E-state index in [0.717, 1.165) is 12.8 Å². The topological polar surface area (TPSA) is 20.2 Å². The van der Waals surface area contributed by atoms with Crippen molar-refractivity contribution >= 4 is 7.48 Å². The highest BCUT2D eigenvalue weighted by molar-refractivity contribution is 6.30. The summed E-state index contributed by atoms with van der Waals surface area (Å²) in [6.07, 6.45) is 7.12. The Morgan fingerprint density at radius 2 is 1.50 bits per heavy atom. The third kappa shape index (κ3) is 4.81. The predicted octanol–water partition coefficient (Wildman–Crippen LogP) is 3.16. The van der Waals surface area contributed by atoms with Gasteiger partial charge in [-0.15, -0.1) is 0 Å². The van der Waals surface area contributed by atoms with E-state index in [9.17, 15) is 0 Å². The fourth-order valence-electron chi connectivity index (χ4n) is 1.42. The molecule has 1 nitrogen and oxygen atoms in total. The molecule has 0 rings (SSSR count). The Bertz CT molecular complexity index is 96.0. The number of unbranched alkanes of at least 4 members (excludes halogenated alkanes) is 2. The fourth-order valence-corrected chi connectivity index (χ4v) is 1.42. The first-order chi connectivity index (χ1) is 5.68. The lowest BCUT2D eigenvalue weighted by atomic mass is 9.60. The summed E-state index contributed by atoms with van der Waals surface area (Å²) in [7, 11) is 1.40. The fraction of sp³-hybridized carbons (Fsp3) is 1.00. The summed E-state index contributed by atoms with van der Waals surface area (Å²) in [5, 5.41) is 9.19. The van der Waals surface area contributed by atoms with E-state index in [1.165, 1.54) is 33.2 Å². The van der Waals surface area contributed by atoms with Crippen molar-refractivity contribution in [2.24, 2.45) is 0 Å². The van der Waals surface area contributed by atoms with Crippen LogP contribution in [0.15, 0.2) is 0 Å². The maximum Gasteiger partial charge on any atom is 0.293 e. The van der Waals surface area contributed by atoms with Crippen LogP contribution < -0.4 is 0 Å². The van der Waals surface area contributed by atoms with E-state index in [0.29, 0.717) is 0 Å². The maximum absolute atomic E-state index is 9.11. The van der Waals surface area contributed by atoms with Crippen LogP contribution in [0.2, 0.25) is 5.31 Å². The number of hydrogen-bond donors (Lipinski definition) is 1. The van der Waals surface area contributed by atoms with Crippen LogP contribution in [0.25, 0.3) is 0 Å². The molecule has 0 aromatic heterocycles. The summed E-state index contributed by atoms with van der Waals surface area (Å²) in [6, 6.07) is 0. The van der Waals surface area contributed by atoms with Crippen LogP contribution in [-0.4, -0.2) is 12.5 Å². The molecule has 0 fully saturated rings. The third-order valence-electron chi connectivity index (χ3n) is 2.51. The van der Waals surface area contributed by atoms with Crippen LogP contribution in [0.5, 0.6) is 0 Å². The summed E-state index contributed by atoms with van der Waals surface area (Å²) < 4.78 is 0. The predicted molar refractivity (Wildman–Crippen MR) is 55.4 cm³/mol. The summed E-state index contributed by atoms with van der Waals surface area (Å²) >= 11 is 0. The minimum atomic E-state index is 0.0754. The summed E-state index contributed by atoms with van der Waals surface area (Å²) in [5.41, 5.74) is 0. The van der Waals surface area contributed by atoms with Crippen molar-refractivity contribution in [3.63, 3.8) is 0 Å². The lowest BCUT2D eigenvalue weighted by Gasteiger charge is -2.25. The molecule has 1 N–H and O–H groups in total. The lowest BCUT2D eigenvalue weighted by Crippen LogP contribution is -2.16. The van der Waals surface area contributed by atoms with Crippen LogP contribution >= 0.6 is 0 Å². The molecule has 0 aliphatic carbocycles. The molecule has 71 valence electrons. The van der Waals surface area contributed by atoms with Gasteiger partial charge in [-0.2, -0.15) is 0 Å². The Morgan fingerprint density at radius 3 is 1.75 bits per heavy atom. The van der Waals surface area contributed by atoms with Crippen LogP contribution in [0, 0.1) is 0 Å². The van der Waals surface area contributed by atoms with E-state index in [1.807, 2.05) is 0 Å². The smallest absolute Gasteiger partial charge is 0.293 e. The second-order valence-corrected chi connectivity index (χ2v) is 3.99. The molecule has 0 aliphatic heterocycles. The van der Waals surface area contributed by atoms with E-state index in [-0.39, 0.29) is 5.31 Å². The highest BCUT2D eigenvalue weighted by Gasteiger charge is 2.23. The monoisotopic (exact) mass is 169 g/mol. The average Bonchev–Trinajstić information content (AvgIpc) is 2.11. The minimum Gasteiger partial charge on any atom is -0.454 e. The van der Waals surface area contributed by atoms with E-state index >= 15 is 0 Å². The van der Waals surface area contributed by atoms with Crippen molar-refractivity contribution in [3.05, 3.63) is 0 Å². The molecular weight excluding hydrogens is 147 g/mol.